The minimum Gasteiger partial charge on any atom is -0.493 e. The summed E-state index contributed by atoms with van der Waals surface area (Å²) in [5, 5.41) is 6.85. The summed E-state index contributed by atoms with van der Waals surface area (Å²) in [7, 11) is 1.81. The largest absolute Gasteiger partial charge is 0.493 e. The number of benzene rings is 1. The van der Waals surface area contributed by atoms with Gasteiger partial charge >= 0.3 is 0 Å². The highest BCUT2D eigenvalue weighted by Gasteiger charge is 2.29. The van der Waals surface area contributed by atoms with E-state index in [0.717, 1.165) is 57.3 Å². The van der Waals surface area contributed by atoms with E-state index in [9.17, 15) is 0 Å². The standard InChI is InChI=1S/C18H27N3O2/c1-18(9-5-10-23-18)13-21-17(19-2)20-12-14-8-11-22-16-7-4-3-6-15(14)16/h3-4,6-7,14H,5,8-13H2,1-2H3,(H2,19,20,21). The zero-order valence-corrected chi connectivity index (χ0v) is 14.1. The molecule has 0 amide bonds. The van der Waals surface area contributed by atoms with Gasteiger partial charge in [0.25, 0.3) is 0 Å². The summed E-state index contributed by atoms with van der Waals surface area (Å²) < 4.78 is 11.5. The van der Waals surface area contributed by atoms with Gasteiger partial charge < -0.3 is 20.1 Å². The lowest BCUT2D eigenvalue weighted by molar-refractivity contribution is 0.0243. The van der Waals surface area contributed by atoms with Crippen LogP contribution in [-0.4, -0.2) is 44.9 Å². The van der Waals surface area contributed by atoms with E-state index in [-0.39, 0.29) is 5.60 Å². The number of hydrogen-bond acceptors (Lipinski definition) is 3. The normalized spacial score (nSPS) is 27.2. The van der Waals surface area contributed by atoms with E-state index in [2.05, 4.69) is 34.7 Å². The summed E-state index contributed by atoms with van der Waals surface area (Å²) in [5.41, 5.74) is 1.22. The van der Waals surface area contributed by atoms with Crippen molar-refractivity contribution in [2.24, 2.45) is 4.99 Å². The smallest absolute Gasteiger partial charge is 0.191 e. The van der Waals surface area contributed by atoms with Gasteiger partial charge in [-0.25, -0.2) is 0 Å². The van der Waals surface area contributed by atoms with Crippen LogP contribution in [0.3, 0.4) is 0 Å². The summed E-state index contributed by atoms with van der Waals surface area (Å²) in [6.07, 6.45) is 3.27. The number of para-hydroxylation sites is 1. The van der Waals surface area contributed by atoms with E-state index in [1.165, 1.54) is 5.56 Å². The molecular weight excluding hydrogens is 290 g/mol. The number of fused-ring (bicyclic) bond motifs is 1. The van der Waals surface area contributed by atoms with Crippen molar-refractivity contribution in [1.29, 1.82) is 0 Å². The van der Waals surface area contributed by atoms with Crippen LogP contribution in [-0.2, 0) is 4.74 Å². The van der Waals surface area contributed by atoms with E-state index in [1.54, 1.807) is 0 Å². The number of guanidine groups is 1. The fraction of sp³-hybridized carbons (Fsp3) is 0.611. The highest BCUT2D eigenvalue weighted by Crippen LogP contribution is 2.32. The first kappa shape index (κ1) is 16.1. The van der Waals surface area contributed by atoms with Crippen molar-refractivity contribution in [1.82, 2.24) is 10.6 Å². The second-order valence-corrected chi connectivity index (χ2v) is 6.58. The molecule has 2 aliphatic rings. The number of nitrogens with one attached hydrogen (secondary N) is 2. The average Bonchev–Trinajstić information content (AvgIpc) is 3.02. The van der Waals surface area contributed by atoms with Crippen LogP contribution in [0.15, 0.2) is 29.3 Å². The van der Waals surface area contributed by atoms with Crippen molar-refractivity contribution in [2.45, 2.75) is 37.7 Å². The third-order valence-electron chi connectivity index (χ3n) is 4.75. The van der Waals surface area contributed by atoms with Gasteiger partial charge in [0.05, 0.1) is 12.2 Å². The fourth-order valence-corrected chi connectivity index (χ4v) is 3.32. The number of aliphatic imine (C=N–C) groups is 1. The number of nitrogens with zero attached hydrogens (tertiary/aromatic N) is 1. The summed E-state index contributed by atoms with van der Waals surface area (Å²) in [6.45, 7) is 5.45. The van der Waals surface area contributed by atoms with Crippen LogP contribution in [0.25, 0.3) is 0 Å². The molecule has 2 aliphatic heterocycles. The molecule has 0 spiro atoms. The quantitative estimate of drug-likeness (QED) is 0.661. The maximum Gasteiger partial charge on any atom is 0.191 e. The van der Waals surface area contributed by atoms with Crippen LogP contribution >= 0.6 is 0 Å². The second kappa shape index (κ2) is 7.21. The molecule has 126 valence electrons. The minimum absolute atomic E-state index is 0.0666. The molecule has 5 heteroatoms. The third kappa shape index (κ3) is 3.96. The molecule has 0 radical (unpaired) electrons. The molecule has 2 unspecified atom stereocenters. The van der Waals surface area contributed by atoms with Gasteiger partial charge in [-0.15, -0.1) is 0 Å². The molecule has 2 atom stereocenters. The molecule has 3 rings (SSSR count). The van der Waals surface area contributed by atoms with Crippen LogP contribution in [0.4, 0.5) is 0 Å². The van der Waals surface area contributed by atoms with Gasteiger partial charge in [0.15, 0.2) is 5.96 Å². The van der Waals surface area contributed by atoms with Gasteiger partial charge in [-0.2, -0.15) is 0 Å². The molecule has 2 heterocycles. The molecule has 1 fully saturated rings. The molecule has 1 saturated heterocycles. The molecule has 2 N–H and O–H groups in total. The van der Waals surface area contributed by atoms with Crippen molar-refractivity contribution in [3.63, 3.8) is 0 Å². The van der Waals surface area contributed by atoms with E-state index in [1.807, 2.05) is 19.2 Å². The van der Waals surface area contributed by atoms with Gasteiger partial charge in [-0.3, -0.25) is 4.99 Å². The van der Waals surface area contributed by atoms with Crippen LogP contribution in [0.2, 0.25) is 0 Å². The zero-order chi connectivity index (χ0) is 16.1. The van der Waals surface area contributed by atoms with E-state index in [0.29, 0.717) is 5.92 Å². The number of ether oxygens (including phenoxy) is 2. The first-order valence-corrected chi connectivity index (χ1v) is 8.50. The Bertz CT molecular complexity index is 553. The van der Waals surface area contributed by atoms with Gasteiger partial charge in [0.2, 0.25) is 0 Å². The van der Waals surface area contributed by atoms with Crippen molar-refractivity contribution < 1.29 is 9.47 Å². The third-order valence-corrected chi connectivity index (χ3v) is 4.75. The molecule has 0 aliphatic carbocycles. The summed E-state index contributed by atoms with van der Waals surface area (Å²) in [4.78, 5) is 4.33. The Morgan fingerprint density at radius 2 is 2.17 bits per heavy atom. The van der Waals surface area contributed by atoms with E-state index < -0.39 is 0 Å². The van der Waals surface area contributed by atoms with Gasteiger partial charge in [0, 0.05) is 32.7 Å². The first-order valence-electron chi connectivity index (χ1n) is 8.50. The SMILES string of the molecule is CN=C(NCC1CCOc2ccccc21)NCC1(C)CCCO1. The van der Waals surface area contributed by atoms with Crippen molar-refractivity contribution in [3.8, 4) is 5.75 Å². The number of rotatable bonds is 4. The first-order chi connectivity index (χ1) is 11.2. The van der Waals surface area contributed by atoms with Crippen LogP contribution in [0, 0.1) is 0 Å². The predicted molar refractivity (Wildman–Crippen MR) is 92.3 cm³/mol. The van der Waals surface area contributed by atoms with E-state index in [4.69, 9.17) is 9.47 Å². The molecule has 0 aromatic heterocycles. The highest BCUT2D eigenvalue weighted by atomic mass is 16.5. The second-order valence-electron chi connectivity index (χ2n) is 6.58. The Hall–Kier alpha value is -1.75. The maximum atomic E-state index is 5.81. The van der Waals surface area contributed by atoms with E-state index >= 15 is 0 Å². The monoisotopic (exact) mass is 317 g/mol. The minimum atomic E-state index is -0.0666. The number of hydrogen-bond donors (Lipinski definition) is 2. The molecule has 0 saturated carbocycles. The van der Waals surface area contributed by atoms with Crippen LogP contribution in [0.5, 0.6) is 5.75 Å². The Labute approximate surface area is 138 Å². The average molecular weight is 317 g/mol. The molecular formula is C18H27N3O2. The molecule has 23 heavy (non-hydrogen) atoms. The Kier molecular flexibility index (Phi) is 5.06. The molecule has 5 nitrogen and oxygen atoms in total. The molecule has 1 aromatic carbocycles. The van der Waals surface area contributed by atoms with Crippen molar-refractivity contribution >= 4 is 5.96 Å². The fourth-order valence-electron chi connectivity index (χ4n) is 3.32. The zero-order valence-electron chi connectivity index (χ0n) is 14.1. The molecule has 0 bridgehead atoms. The lowest BCUT2D eigenvalue weighted by Gasteiger charge is -2.28. The van der Waals surface area contributed by atoms with Gasteiger partial charge in [-0.1, -0.05) is 18.2 Å². The van der Waals surface area contributed by atoms with Crippen molar-refractivity contribution in [2.75, 3.05) is 33.4 Å². The highest BCUT2D eigenvalue weighted by molar-refractivity contribution is 5.79. The van der Waals surface area contributed by atoms with Crippen LogP contribution in [0.1, 0.15) is 37.7 Å². The summed E-state index contributed by atoms with van der Waals surface area (Å²) in [6, 6.07) is 8.31. The van der Waals surface area contributed by atoms with Crippen LogP contribution < -0.4 is 15.4 Å². The Balaban J connectivity index is 1.53. The Morgan fingerprint density at radius 1 is 1.30 bits per heavy atom. The molecule has 1 aromatic rings. The van der Waals surface area contributed by atoms with Crippen molar-refractivity contribution in [3.05, 3.63) is 29.8 Å². The topological polar surface area (TPSA) is 54.9 Å². The van der Waals surface area contributed by atoms with Gasteiger partial charge in [0.1, 0.15) is 5.75 Å². The Morgan fingerprint density at radius 3 is 2.96 bits per heavy atom. The predicted octanol–water partition coefficient (Wildman–Crippen LogP) is 2.29. The summed E-state index contributed by atoms with van der Waals surface area (Å²) in [5.74, 6) is 2.31. The maximum absolute atomic E-state index is 5.81. The lowest BCUT2D eigenvalue weighted by atomic mass is 9.93. The summed E-state index contributed by atoms with van der Waals surface area (Å²) >= 11 is 0. The lowest BCUT2D eigenvalue weighted by Crippen LogP contribution is -2.46. The van der Waals surface area contributed by atoms with Gasteiger partial charge in [-0.05, 0) is 37.8 Å².